The van der Waals surface area contributed by atoms with E-state index in [-0.39, 0.29) is 18.2 Å². The molecular weight excluding hydrogens is 202 g/mol. The molecule has 3 heteroatoms. The van der Waals surface area contributed by atoms with Gasteiger partial charge in [-0.2, -0.15) is 0 Å². The number of ether oxygens (including phenoxy) is 2. The molecule has 0 radical (unpaired) electrons. The standard InChI is InChI=1S/C13H21NO2/c1-9(2)16-13(10(3)14)11-6-5-7-12(8-11)15-4/h5-10,13H,14H2,1-4H3. The molecule has 16 heavy (non-hydrogen) atoms. The maximum atomic E-state index is 5.94. The third kappa shape index (κ3) is 3.51. The van der Waals surface area contributed by atoms with Gasteiger partial charge in [0, 0.05) is 6.04 Å². The third-order valence-corrected chi connectivity index (χ3v) is 2.32. The van der Waals surface area contributed by atoms with Crippen LogP contribution in [0.3, 0.4) is 0 Å². The van der Waals surface area contributed by atoms with E-state index in [1.807, 2.05) is 45.0 Å². The lowest BCUT2D eigenvalue weighted by molar-refractivity contribution is -0.00521. The first kappa shape index (κ1) is 13.0. The molecule has 0 aliphatic carbocycles. The van der Waals surface area contributed by atoms with Gasteiger partial charge in [0.2, 0.25) is 0 Å². The molecule has 3 nitrogen and oxygen atoms in total. The zero-order valence-electron chi connectivity index (χ0n) is 10.4. The second-order valence-electron chi connectivity index (χ2n) is 4.24. The van der Waals surface area contributed by atoms with Crippen molar-refractivity contribution in [3.05, 3.63) is 29.8 Å². The van der Waals surface area contributed by atoms with Gasteiger partial charge in [-0.1, -0.05) is 12.1 Å². The minimum Gasteiger partial charge on any atom is -0.497 e. The molecule has 0 aliphatic heterocycles. The smallest absolute Gasteiger partial charge is 0.119 e. The maximum absolute atomic E-state index is 5.94. The van der Waals surface area contributed by atoms with Crippen molar-refractivity contribution in [2.75, 3.05) is 7.11 Å². The molecule has 1 rings (SSSR count). The molecule has 0 spiro atoms. The van der Waals surface area contributed by atoms with Crippen LogP contribution in [0.25, 0.3) is 0 Å². The molecular formula is C13H21NO2. The lowest BCUT2D eigenvalue weighted by Gasteiger charge is -2.24. The van der Waals surface area contributed by atoms with E-state index in [1.165, 1.54) is 0 Å². The minimum absolute atomic E-state index is 0.0468. The molecule has 0 aromatic heterocycles. The first-order valence-corrected chi connectivity index (χ1v) is 5.59. The summed E-state index contributed by atoms with van der Waals surface area (Å²) in [6.45, 7) is 5.97. The molecule has 0 heterocycles. The van der Waals surface area contributed by atoms with Crippen LogP contribution in [0.4, 0.5) is 0 Å². The van der Waals surface area contributed by atoms with Crippen molar-refractivity contribution in [3.8, 4) is 5.75 Å². The van der Waals surface area contributed by atoms with Gasteiger partial charge < -0.3 is 15.2 Å². The maximum Gasteiger partial charge on any atom is 0.119 e. The second kappa shape index (κ2) is 5.87. The van der Waals surface area contributed by atoms with Gasteiger partial charge in [0.15, 0.2) is 0 Å². The van der Waals surface area contributed by atoms with E-state index in [0.717, 1.165) is 11.3 Å². The fourth-order valence-electron chi connectivity index (χ4n) is 1.62. The van der Waals surface area contributed by atoms with Gasteiger partial charge in [-0.15, -0.1) is 0 Å². The highest BCUT2D eigenvalue weighted by atomic mass is 16.5. The number of hydrogen-bond acceptors (Lipinski definition) is 3. The summed E-state index contributed by atoms with van der Waals surface area (Å²) in [6, 6.07) is 7.80. The van der Waals surface area contributed by atoms with Crippen molar-refractivity contribution >= 4 is 0 Å². The van der Waals surface area contributed by atoms with Crippen LogP contribution in [0.15, 0.2) is 24.3 Å². The van der Waals surface area contributed by atoms with Crippen LogP contribution in [0, 0.1) is 0 Å². The summed E-state index contributed by atoms with van der Waals surface area (Å²) < 4.78 is 11.0. The molecule has 0 aliphatic rings. The highest BCUT2D eigenvalue weighted by Gasteiger charge is 2.18. The fourth-order valence-corrected chi connectivity index (χ4v) is 1.62. The van der Waals surface area contributed by atoms with Gasteiger partial charge >= 0.3 is 0 Å². The van der Waals surface area contributed by atoms with E-state index in [9.17, 15) is 0 Å². The van der Waals surface area contributed by atoms with Gasteiger partial charge in [0.1, 0.15) is 5.75 Å². The van der Waals surface area contributed by atoms with Gasteiger partial charge in [-0.05, 0) is 38.5 Å². The van der Waals surface area contributed by atoms with Crippen LogP contribution >= 0.6 is 0 Å². The van der Waals surface area contributed by atoms with Crippen molar-refractivity contribution in [3.63, 3.8) is 0 Å². The summed E-state index contributed by atoms with van der Waals surface area (Å²) in [5, 5.41) is 0. The monoisotopic (exact) mass is 223 g/mol. The van der Waals surface area contributed by atoms with Gasteiger partial charge in [-0.3, -0.25) is 0 Å². The first-order chi connectivity index (χ1) is 7.54. The summed E-state index contributed by atoms with van der Waals surface area (Å²) in [4.78, 5) is 0. The summed E-state index contributed by atoms with van der Waals surface area (Å²) in [5.41, 5.74) is 7.00. The summed E-state index contributed by atoms with van der Waals surface area (Å²) in [6.07, 6.45) is 0.0669. The lowest BCUT2D eigenvalue weighted by Crippen LogP contribution is -2.28. The van der Waals surface area contributed by atoms with E-state index in [4.69, 9.17) is 15.2 Å². The van der Waals surface area contributed by atoms with Crippen LogP contribution in [-0.4, -0.2) is 19.3 Å². The summed E-state index contributed by atoms with van der Waals surface area (Å²) >= 11 is 0. The summed E-state index contributed by atoms with van der Waals surface area (Å²) in [5.74, 6) is 0.829. The van der Waals surface area contributed by atoms with Crippen molar-refractivity contribution < 1.29 is 9.47 Å². The Morgan fingerprint density at radius 1 is 1.19 bits per heavy atom. The molecule has 0 bridgehead atoms. The van der Waals surface area contributed by atoms with E-state index in [1.54, 1.807) is 7.11 Å². The molecule has 0 saturated carbocycles. The number of nitrogens with two attached hydrogens (primary N) is 1. The predicted molar refractivity (Wildman–Crippen MR) is 65.6 cm³/mol. The second-order valence-corrected chi connectivity index (χ2v) is 4.24. The van der Waals surface area contributed by atoms with Gasteiger partial charge in [0.25, 0.3) is 0 Å². The topological polar surface area (TPSA) is 44.5 Å². The molecule has 2 N–H and O–H groups in total. The Morgan fingerprint density at radius 2 is 1.88 bits per heavy atom. The Kier molecular flexibility index (Phi) is 4.77. The largest absolute Gasteiger partial charge is 0.497 e. The highest BCUT2D eigenvalue weighted by molar-refractivity contribution is 5.30. The van der Waals surface area contributed by atoms with Crippen molar-refractivity contribution in [1.82, 2.24) is 0 Å². The number of methoxy groups -OCH3 is 1. The van der Waals surface area contributed by atoms with E-state index in [0.29, 0.717) is 0 Å². The predicted octanol–water partition coefficient (Wildman–Crippen LogP) is 2.51. The Bertz CT molecular complexity index is 323. The van der Waals surface area contributed by atoms with Crippen LogP contribution in [0.5, 0.6) is 5.75 Å². The minimum atomic E-state index is -0.0879. The van der Waals surface area contributed by atoms with E-state index >= 15 is 0 Å². The Labute approximate surface area is 97.6 Å². The SMILES string of the molecule is COc1cccc(C(OC(C)C)C(C)N)c1. The molecule has 90 valence electrons. The fraction of sp³-hybridized carbons (Fsp3) is 0.538. The molecule has 2 atom stereocenters. The van der Waals surface area contributed by atoms with Crippen molar-refractivity contribution in [1.29, 1.82) is 0 Å². The number of rotatable bonds is 5. The molecule has 2 unspecified atom stereocenters. The summed E-state index contributed by atoms with van der Waals surface area (Å²) in [7, 11) is 1.66. The Morgan fingerprint density at radius 3 is 2.38 bits per heavy atom. The van der Waals surface area contributed by atoms with Crippen LogP contribution < -0.4 is 10.5 Å². The van der Waals surface area contributed by atoms with E-state index in [2.05, 4.69) is 0 Å². The Balaban J connectivity index is 2.91. The normalized spacial score (nSPS) is 14.9. The average Bonchev–Trinajstić information content (AvgIpc) is 2.25. The van der Waals surface area contributed by atoms with Gasteiger partial charge in [-0.25, -0.2) is 0 Å². The molecule has 0 fully saturated rings. The van der Waals surface area contributed by atoms with Crippen molar-refractivity contribution in [2.24, 2.45) is 5.73 Å². The molecule has 1 aromatic rings. The number of benzene rings is 1. The Hall–Kier alpha value is -1.06. The van der Waals surface area contributed by atoms with Gasteiger partial charge in [0.05, 0.1) is 19.3 Å². The van der Waals surface area contributed by atoms with Crippen LogP contribution in [0.2, 0.25) is 0 Å². The molecule has 1 aromatic carbocycles. The first-order valence-electron chi connectivity index (χ1n) is 5.59. The average molecular weight is 223 g/mol. The van der Waals surface area contributed by atoms with E-state index < -0.39 is 0 Å². The third-order valence-electron chi connectivity index (χ3n) is 2.32. The quantitative estimate of drug-likeness (QED) is 0.834. The number of hydrogen-bond donors (Lipinski definition) is 1. The highest BCUT2D eigenvalue weighted by Crippen LogP contribution is 2.25. The lowest BCUT2D eigenvalue weighted by atomic mass is 10.0. The zero-order chi connectivity index (χ0) is 12.1. The van der Waals surface area contributed by atoms with Crippen LogP contribution in [-0.2, 0) is 4.74 Å². The molecule has 0 saturated heterocycles. The van der Waals surface area contributed by atoms with Crippen LogP contribution in [0.1, 0.15) is 32.4 Å². The molecule has 0 amide bonds. The zero-order valence-corrected chi connectivity index (χ0v) is 10.4. The van der Waals surface area contributed by atoms with Crippen molar-refractivity contribution in [2.45, 2.75) is 39.0 Å².